The largest absolute Gasteiger partial charge is 0.468 e. The molecule has 0 saturated carbocycles. The number of carbonyl (C=O) groups is 1. The first kappa shape index (κ1) is 20.7. The zero-order valence-electron chi connectivity index (χ0n) is 16.4. The standard InChI is InChI=1S/C23H28N2O2/c1-4-5-8-15-25(18(2)23(26)27-3)17-19-11-13-20(14-12-19)22-10-7-6-9-21(22)16-24/h6-7,9-14,18H,4-5,8,15,17H2,1-3H3/t18-/m0/s1. The van der Waals surface area contributed by atoms with Crippen LogP contribution in [0.2, 0.25) is 0 Å². The minimum atomic E-state index is -0.272. The van der Waals surface area contributed by atoms with Gasteiger partial charge in [0.05, 0.1) is 18.7 Å². The number of unbranched alkanes of at least 4 members (excludes halogenated alkanes) is 2. The van der Waals surface area contributed by atoms with Gasteiger partial charge in [-0.15, -0.1) is 0 Å². The molecule has 0 aromatic heterocycles. The van der Waals surface area contributed by atoms with Crippen molar-refractivity contribution in [3.63, 3.8) is 0 Å². The fourth-order valence-corrected chi connectivity index (χ4v) is 3.15. The van der Waals surface area contributed by atoms with Crippen molar-refractivity contribution >= 4 is 5.97 Å². The summed E-state index contributed by atoms with van der Waals surface area (Å²) in [5, 5.41) is 9.29. The van der Waals surface area contributed by atoms with Crippen LogP contribution >= 0.6 is 0 Å². The molecule has 0 N–H and O–H groups in total. The van der Waals surface area contributed by atoms with Crippen LogP contribution in [0.15, 0.2) is 48.5 Å². The number of rotatable bonds is 9. The smallest absolute Gasteiger partial charge is 0.322 e. The second kappa shape index (κ2) is 10.5. The third kappa shape index (κ3) is 5.67. The number of methoxy groups -OCH3 is 1. The van der Waals surface area contributed by atoms with Crippen molar-refractivity contribution in [1.29, 1.82) is 5.26 Å². The van der Waals surface area contributed by atoms with E-state index in [9.17, 15) is 10.1 Å². The van der Waals surface area contributed by atoms with E-state index in [0.29, 0.717) is 12.1 Å². The number of nitrogens with zero attached hydrogens (tertiary/aromatic N) is 2. The van der Waals surface area contributed by atoms with E-state index >= 15 is 0 Å². The average molecular weight is 364 g/mol. The van der Waals surface area contributed by atoms with Gasteiger partial charge < -0.3 is 4.74 Å². The maximum atomic E-state index is 12.0. The van der Waals surface area contributed by atoms with Crippen LogP contribution in [0.3, 0.4) is 0 Å². The molecule has 4 heteroatoms. The van der Waals surface area contributed by atoms with E-state index < -0.39 is 0 Å². The summed E-state index contributed by atoms with van der Waals surface area (Å²) in [7, 11) is 1.44. The Kier molecular flexibility index (Phi) is 8.03. The Labute approximate surface area is 162 Å². The molecule has 27 heavy (non-hydrogen) atoms. The van der Waals surface area contributed by atoms with E-state index in [1.54, 1.807) is 0 Å². The fraction of sp³-hybridized carbons (Fsp3) is 0.391. The summed E-state index contributed by atoms with van der Waals surface area (Å²) in [6.07, 6.45) is 3.35. The summed E-state index contributed by atoms with van der Waals surface area (Å²) in [5.74, 6) is -0.203. The first-order valence-corrected chi connectivity index (χ1v) is 9.51. The summed E-state index contributed by atoms with van der Waals surface area (Å²) in [4.78, 5) is 14.2. The Balaban J connectivity index is 2.15. The molecule has 0 saturated heterocycles. The first-order valence-electron chi connectivity index (χ1n) is 9.51. The van der Waals surface area contributed by atoms with Gasteiger partial charge in [0.25, 0.3) is 0 Å². The minimum Gasteiger partial charge on any atom is -0.468 e. The van der Waals surface area contributed by atoms with Gasteiger partial charge >= 0.3 is 5.97 Å². The molecule has 0 heterocycles. The van der Waals surface area contributed by atoms with Gasteiger partial charge in [-0.05, 0) is 42.6 Å². The molecule has 0 spiro atoms. The number of hydrogen-bond donors (Lipinski definition) is 0. The average Bonchev–Trinajstić information content (AvgIpc) is 2.72. The lowest BCUT2D eigenvalue weighted by Gasteiger charge is -2.27. The Bertz CT molecular complexity index is 778. The van der Waals surface area contributed by atoms with Gasteiger partial charge in [0, 0.05) is 6.54 Å². The van der Waals surface area contributed by atoms with E-state index in [0.717, 1.165) is 42.5 Å². The van der Waals surface area contributed by atoms with Gasteiger partial charge in [-0.25, -0.2) is 0 Å². The second-order valence-electron chi connectivity index (χ2n) is 6.73. The molecule has 1 atom stereocenters. The highest BCUT2D eigenvalue weighted by Crippen LogP contribution is 2.24. The number of nitriles is 1. The van der Waals surface area contributed by atoms with Gasteiger partial charge in [-0.2, -0.15) is 5.26 Å². The zero-order chi connectivity index (χ0) is 19.6. The van der Waals surface area contributed by atoms with Crippen molar-refractivity contribution in [1.82, 2.24) is 4.90 Å². The van der Waals surface area contributed by atoms with Crippen LogP contribution in [0, 0.1) is 11.3 Å². The van der Waals surface area contributed by atoms with Crippen LogP contribution in [0.5, 0.6) is 0 Å². The van der Waals surface area contributed by atoms with Crippen molar-refractivity contribution in [3.8, 4) is 17.2 Å². The van der Waals surface area contributed by atoms with Gasteiger partial charge in [0.15, 0.2) is 0 Å². The zero-order valence-corrected chi connectivity index (χ0v) is 16.4. The van der Waals surface area contributed by atoms with E-state index in [4.69, 9.17) is 4.74 Å². The van der Waals surface area contributed by atoms with Crippen molar-refractivity contribution in [2.24, 2.45) is 0 Å². The number of ether oxygens (including phenoxy) is 1. The molecule has 0 amide bonds. The summed E-state index contributed by atoms with van der Waals surface area (Å²) < 4.78 is 4.93. The molecule has 2 aromatic carbocycles. The van der Waals surface area contributed by atoms with E-state index in [1.165, 1.54) is 7.11 Å². The van der Waals surface area contributed by atoms with E-state index in [1.807, 2.05) is 43.3 Å². The maximum Gasteiger partial charge on any atom is 0.322 e. The predicted octanol–water partition coefficient (Wildman–Crippen LogP) is 4.78. The van der Waals surface area contributed by atoms with Crippen molar-refractivity contribution in [3.05, 3.63) is 59.7 Å². The minimum absolute atomic E-state index is 0.203. The molecule has 0 aliphatic heterocycles. The Morgan fingerprint density at radius 3 is 2.48 bits per heavy atom. The van der Waals surface area contributed by atoms with Gasteiger partial charge in [-0.1, -0.05) is 62.2 Å². The normalized spacial score (nSPS) is 11.8. The summed E-state index contributed by atoms with van der Waals surface area (Å²) in [5.41, 5.74) is 3.77. The number of hydrogen-bond acceptors (Lipinski definition) is 4. The predicted molar refractivity (Wildman–Crippen MR) is 108 cm³/mol. The van der Waals surface area contributed by atoms with Gasteiger partial charge in [-0.3, -0.25) is 9.69 Å². The Morgan fingerprint density at radius 2 is 1.85 bits per heavy atom. The first-order chi connectivity index (χ1) is 13.1. The van der Waals surface area contributed by atoms with Crippen molar-refractivity contribution in [2.75, 3.05) is 13.7 Å². The lowest BCUT2D eigenvalue weighted by molar-refractivity contribution is -0.146. The Hall–Kier alpha value is -2.64. The molecule has 4 nitrogen and oxygen atoms in total. The lowest BCUT2D eigenvalue weighted by Crippen LogP contribution is -2.39. The van der Waals surface area contributed by atoms with Crippen LogP contribution in [-0.2, 0) is 16.1 Å². The third-order valence-electron chi connectivity index (χ3n) is 4.84. The molecule has 0 fully saturated rings. The van der Waals surface area contributed by atoms with Crippen LogP contribution < -0.4 is 0 Å². The molecular weight excluding hydrogens is 336 g/mol. The van der Waals surface area contributed by atoms with Crippen molar-refractivity contribution in [2.45, 2.75) is 45.7 Å². The molecule has 0 unspecified atom stereocenters. The second-order valence-corrected chi connectivity index (χ2v) is 6.73. The lowest BCUT2D eigenvalue weighted by atomic mass is 9.99. The molecular formula is C23H28N2O2. The molecule has 2 aromatic rings. The van der Waals surface area contributed by atoms with Crippen LogP contribution in [0.1, 0.15) is 44.2 Å². The number of benzene rings is 2. The van der Waals surface area contributed by atoms with Gasteiger partial charge in [0.1, 0.15) is 6.04 Å². The molecule has 0 bridgehead atoms. The molecule has 0 radical (unpaired) electrons. The topological polar surface area (TPSA) is 53.3 Å². The molecule has 0 aliphatic rings. The van der Waals surface area contributed by atoms with E-state index in [2.05, 4.69) is 30.0 Å². The fourth-order valence-electron chi connectivity index (χ4n) is 3.15. The number of esters is 1. The highest BCUT2D eigenvalue weighted by molar-refractivity contribution is 5.75. The van der Waals surface area contributed by atoms with E-state index in [-0.39, 0.29) is 12.0 Å². The summed E-state index contributed by atoms with van der Waals surface area (Å²) in [6, 6.07) is 17.8. The molecule has 2 rings (SSSR count). The number of carbonyl (C=O) groups excluding carboxylic acids is 1. The monoisotopic (exact) mass is 364 g/mol. The van der Waals surface area contributed by atoms with Crippen LogP contribution in [-0.4, -0.2) is 30.6 Å². The highest BCUT2D eigenvalue weighted by Gasteiger charge is 2.21. The molecule has 142 valence electrons. The summed E-state index contributed by atoms with van der Waals surface area (Å²) >= 11 is 0. The molecule has 0 aliphatic carbocycles. The van der Waals surface area contributed by atoms with Gasteiger partial charge in [0.2, 0.25) is 0 Å². The van der Waals surface area contributed by atoms with Crippen LogP contribution in [0.4, 0.5) is 0 Å². The van der Waals surface area contributed by atoms with Crippen molar-refractivity contribution < 1.29 is 9.53 Å². The highest BCUT2D eigenvalue weighted by atomic mass is 16.5. The quantitative estimate of drug-likeness (QED) is 0.475. The summed E-state index contributed by atoms with van der Waals surface area (Å²) in [6.45, 7) is 5.63. The van der Waals surface area contributed by atoms with Crippen LogP contribution in [0.25, 0.3) is 11.1 Å². The maximum absolute atomic E-state index is 12.0. The third-order valence-corrected chi connectivity index (χ3v) is 4.84. The SMILES string of the molecule is CCCCCN(Cc1ccc(-c2ccccc2C#N)cc1)[C@@H](C)C(=O)OC. The Morgan fingerprint density at radius 1 is 1.15 bits per heavy atom.